The van der Waals surface area contributed by atoms with Gasteiger partial charge in [-0.05, 0) is 37.6 Å². The summed E-state index contributed by atoms with van der Waals surface area (Å²) < 4.78 is 11.0. The number of hydrogen-bond donors (Lipinski definition) is 1. The van der Waals surface area contributed by atoms with Crippen LogP contribution in [0.2, 0.25) is 0 Å². The second kappa shape index (κ2) is 6.95. The predicted molar refractivity (Wildman–Crippen MR) is 74.3 cm³/mol. The highest BCUT2D eigenvalue weighted by Gasteiger charge is 2.03. The molecular weight excluding hydrogens is 240 g/mol. The van der Waals surface area contributed by atoms with Gasteiger partial charge in [0.15, 0.2) is 0 Å². The summed E-state index contributed by atoms with van der Waals surface area (Å²) in [6, 6.07) is 7.81. The number of nitrogens with one attached hydrogen (secondary N) is 1. The molecule has 0 aliphatic heterocycles. The minimum atomic E-state index is 0.623. The van der Waals surface area contributed by atoms with Crippen molar-refractivity contribution in [2.45, 2.75) is 26.8 Å². The van der Waals surface area contributed by atoms with Gasteiger partial charge in [-0.2, -0.15) is 0 Å². The molecule has 0 radical (unpaired) electrons. The molecule has 4 heteroatoms. The molecule has 0 aliphatic rings. The summed E-state index contributed by atoms with van der Waals surface area (Å²) in [5.74, 6) is 1.82. The van der Waals surface area contributed by atoms with E-state index < -0.39 is 0 Å². The molecule has 0 amide bonds. The zero-order chi connectivity index (χ0) is 13.5. The summed E-state index contributed by atoms with van der Waals surface area (Å²) in [5.41, 5.74) is 2.05. The van der Waals surface area contributed by atoms with Crippen LogP contribution in [0, 0.1) is 6.92 Å². The van der Waals surface area contributed by atoms with E-state index in [-0.39, 0.29) is 0 Å². The van der Waals surface area contributed by atoms with Crippen LogP contribution in [0.15, 0.2) is 34.9 Å². The van der Waals surface area contributed by atoms with Crippen molar-refractivity contribution in [2.24, 2.45) is 0 Å². The van der Waals surface area contributed by atoms with E-state index >= 15 is 0 Å². The molecule has 0 saturated carbocycles. The lowest BCUT2D eigenvalue weighted by Crippen LogP contribution is -2.20. The molecule has 0 aromatic carbocycles. The Morgan fingerprint density at radius 1 is 1.32 bits per heavy atom. The summed E-state index contributed by atoms with van der Waals surface area (Å²) in [6.07, 6.45) is 2.57. The van der Waals surface area contributed by atoms with E-state index in [1.807, 2.05) is 31.2 Å². The van der Waals surface area contributed by atoms with Gasteiger partial charge >= 0.3 is 0 Å². The van der Waals surface area contributed by atoms with Crippen LogP contribution in [0.1, 0.15) is 24.1 Å². The van der Waals surface area contributed by atoms with Crippen LogP contribution in [0.4, 0.5) is 0 Å². The Morgan fingerprint density at radius 3 is 2.95 bits per heavy atom. The molecule has 2 rings (SSSR count). The molecule has 0 spiro atoms. The van der Waals surface area contributed by atoms with Gasteiger partial charge in [-0.25, -0.2) is 0 Å². The van der Waals surface area contributed by atoms with Gasteiger partial charge in [0.25, 0.3) is 0 Å². The molecule has 0 saturated heterocycles. The van der Waals surface area contributed by atoms with E-state index in [0.717, 1.165) is 42.4 Å². The van der Waals surface area contributed by atoms with E-state index in [1.54, 1.807) is 6.26 Å². The predicted octanol–water partition coefficient (Wildman–Crippen LogP) is 2.71. The highest BCUT2D eigenvalue weighted by atomic mass is 16.5. The fourth-order valence-corrected chi connectivity index (χ4v) is 1.84. The van der Waals surface area contributed by atoms with Crippen molar-refractivity contribution >= 4 is 0 Å². The normalized spacial score (nSPS) is 10.6. The van der Waals surface area contributed by atoms with Crippen molar-refractivity contribution in [3.8, 4) is 5.75 Å². The number of aromatic nitrogens is 1. The molecule has 102 valence electrons. The second-order valence-electron chi connectivity index (χ2n) is 4.36. The molecule has 2 heterocycles. The zero-order valence-corrected chi connectivity index (χ0v) is 11.5. The van der Waals surface area contributed by atoms with Gasteiger partial charge in [0.2, 0.25) is 0 Å². The van der Waals surface area contributed by atoms with Crippen molar-refractivity contribution < 1.29 is 9.15 Å². The molecule has 2 aromatic rings. The van der Waals surface area contributed by atoms with E-state index in [4.69, 9.17) is 9.15 Å². The molecule has 0 fully saturated rings. The van der Waals surface area contributed by atoms with Crippen LogP contribution in [0.25, 0.3) is 0 Å². The third kappa shape index (κ3) is 4.10. The first kappa shape index (κ1) is 13.6. The highest BCUT2D eigenvalue weighted by molar-refractivity contribution is 5.29. The van der Waals surface area contributed by atoms with Crippen molar-refractivity contribution in [1.82, 2.24) is 10.3 Å². The lowest BCUT2D eigenvalue weighted by atomic mass is 10.2. The zero-order valence-electron chi connectivity index (χ0n) is 11.5. The van der Waals surface area contributed by atoms with Crippen LogP contribution >= 0.6 is 0 Å². The molecule has 19 heavy (non-hydrogen) atoms. The Bertz CT molecular complexity index is 495. The number of furan rings is 1. The summed E-state index contributed by atoms with van der Waals surface area (Å²) in [5, 5.41) is 3.27. The Balaban J connectivity index is 1.73. The van der Waals surface area contributed by atoms with Gasteiger partial charge in [-0.15, -0.1) is 0 Å². The van der Waals surface area contributed by atoms with Crippen LogP contribution in [0.5, 0.6) is 5.75 Å². The van der Waals surface area contributed by atoms with Crippen molar-refractivity contribution in [1.29, 1.82) is 0 Å². The smallest absolute Gasteiger partial charge is 0.140 e. The van der Waals surface area contributed by atoms with E-state index in [0.29, 0.717) is 6.61 Å². The third-order valence-corrected chi connectivity index (χ3v) is 2.82. The number of pyridine rings is 1. The van der Waals surface area contributed by atoms with Crippen LogP contribution in [-0.4, -0.2) is 18.1 Å². The summed E-state index contributed by atoms with van der Waals surface area (Å²) >= 11 is 0. The topological polar surface area (TPSA) is 47.3 Å². The standard InChI is InChI=1S/C15H20N2O2/c1-3-14-15(7-6-12(2)17-14)19-10-8-16-11-13-5-4-9-18-13/h4-7,9,16H,3,8,10-11H2,1-2H3. The van der Waals surface area contributed by atoms with Crippen molar-refractivity contribution in [3.05, 3.63) is 47.7 Å². The SMILES string of the molecule is CCc1nc(C)ccc1OCCNCc1ccco1. The first-order valence-corrected chi connectivity index (χ1v) is 6.62. The second-order valence-corrected chi connectivity index (χ2v) is 4.36. The first-order valence-electron chi connectivity index (χ1n) is 6.62. The minimum absolute atomic E-state index is 0.623. The molecule has 2 aromatic heterocycles. The maximum Gasteiger partial charge on any atom is 0.140 e. The minimum Gasteiger partial charge on any atom is -0.490 e. The fourth-order valence-electron chi connectivity index (χ4n) is 1.84. The lowest BCUT2D eigenvalue weighted by molar-refractivity contribution is 0.306. The number of ether oxygens (including phenoxy) is 1. The van der Waals surface area contributed by atoms with E-state index in [2.05, 4.69) is 17.2 Å². The Morgan fingerprint density at radius 2 is 2.21 bits per heavy atom. The molecule has 0 atom stereocenters. The van der Waals surface area contributed by atoms with Crippen molar-refractivity contribution in [3.63, 3.8) is 0 Å². The Kier molecular flexibility index (Phi) is 4.98. The molecule has 4 nitrogen and oxygen atoms in total. The average Bonchev–Trinajstić information content (AvgIpc) is 2.93. The van der Waals surface area contributed by atoms with Crippen LogP contribution < -0.4 is 10.1 Å². The molecule has 0 unspecified atom stereocenters. The number of hydrogen-bond acceptors (Lipinski definition) is 4. The largest absolute Gasteiger partial charge is 0.490 e. The van der Waals surface area contributed by atoms with Gasteiger partial charge in [0.1, 0.15) is 18.1 Å². The monoisotopic (exact) mass is 260 g/mol. The van der Waals surface area contributed by atoms with Gasteiger partial charge in [0, 0.05) is 12.2 Å². The quantitative estimate of drug-likeness (QED) is 0.778. The average molecular weight is 260 g/mol. The maximum atomic E-state index is 5.75. The van der Waals surface area contributed by atoms with Gasteiger partial charge < -0.3 is 14.5 Å². The number of rotatable bonds is 7. The molecule has 0 bridgehead atoms. The molecule has 0 aliphatic carbocycles. The van der Waals surface area contributed by atoms with E-state index in [1.165, 1.54) is 0 Å². The Hall–Kier alpha value is -1.81. The Labute approximate surface area is 113 Å². The fraction of sp³-hybridized carbons (Fsp3) is 0.400. The van der Waals surface area contributed by atoms with Crippen molar-refractivity contribution in [2.75, 3.05) is 13.2 Å². The highest BCUT2D eigenvalue weighted by Crippen LogP contribution is 2.17. The molecule has 1 N–H and O–H groups in total. The molecular formula is C15H20N2O2. The third-order valence-electron chi connectivity index (χ3n) is 2.82. The first-order chi connectivity index (χ1) is 9.29. The summed E-state index contributed by atoms with van der Waals surface area (Å²) in [6.45, 7) is 6.21. The summed E-state index contributed by atoms with van der Waals surface area (Å²) in [7, 11) is 0. The van der Waals surface area contributed by atoms with Gasteiger partial charge in [0.05, 0.1) is 18.5 Å². The lowest BCUT2D eigenvalue weighted by Gasteiger charge is -2.10. The van der Waals surface area contributed by atoms with Crippen LogP contribution in [0.3, 0.4) is 0 Å². The summed E-state index contributed by atoms with van der Waals surface area (Å²) in [4.78, 5) is 4.47. The van der Waals surface area contributed by atoms with Gasteiger partial charge in [-0.1, -0.05) is 6.92 Å². The number of aryl methyl sites for hydroxylation is 2. The van der Waals surface area contributed by atoms with Crippen LogP contribution in [-0.2, 0) is 13.0 Å². The number of nitrogens with zero attached hydrogens (tertiary/aromatic N) is 1. The van der Waals surface area contributed by atoms with E-state index in [9.17, 15) is 0 Å². The van der Waals surface area contributed by atoms with Gasteiger partial charge in [-0.3, -0.25) is 4.98 Å². The maximum absolute atomic E-state index is 5.75.